The number of piperidine rings is 1. The van der Waals surface area contributed by atoms with Gasteiger partial charge >= 0.3 is 0 Å². The highest BCUT2D eigenvalue weighted by Gasteiger charge is 2.20. The quantitative estimate of drug-likeness (QED) is 0.832. The number of rotatable bonds is 5. The van der Waals surface area contributed by atoms with Gasteiger partial charge in [-0.15, -0.1) is 0 Å². The van der Waals surface area contributed by atoms with Crippen molar-refractivity contribution < 1.29 is 8.42 Å². The molecule has 1 fully saturated rings. The largest absolute Gasteiger partial charge is 0.299 e. The van der Waals surface area contributed by atoms with Crippen LogP contribution in [-0.2, 0) is 10.0 Å². The first kappa shape index (κ1) is 17.2. The number of benzene rings is 1. The molecule has 0 bridgehead atoms. The molecular formula is C14H20BrClN2O2S. The molecule has 1 aromatic rings. The van der Waals surface area contributed by atoms with E-state index >= 15 is 0 Å². The van der Waals surface area contributed by atoms with Gasteiger partial charge < -0.3 is 0 Å². The summed E-state index contributed by atoms with van der Waals surface area (Å²) >= 11 is 9.14. The standard InChI is InChI=1S/C14H20BrClN2O2S/c1-11(18-7-3-2-4-8-18)10-17-21(19,20)12-5-6-14(16)13(15)9-12/h5-6,9,11,17H,2-4,7-8,10H2,1H3. The molecule has 4 nitrogen and oxygen atoms in total. The molecule has 1 saturated heterocycles. The van der Waals surface area contributed by atoms with Gasteiger partial charge in [-0.25, -0.2) is 13.1 Å². The molecule has 0 spiro atoms. The number of sulfonamides is 1. The van der Waals surface area contributed by atoms with Gasteiger partial charge in [0, 0.05) is 17.1 Å². The summed E-state index contributed by atoms with van der Waals surface area (Å²) in [5, 5.41) is 0.496. The Bertz CT molecular complexity index is 589. The van der Waals surface area contributed by atoms with Crippen molar-refractivity contribution in [2.45, 2.75) is 37.1 Å². The van der Waals surface area contributed by atoms with E-state index in [1.54, 1.807) is 6.07 Å². The molecule has 1 N–H and O–H groups in total. The number of nitrogens with one attached hydrogen (secondary N) is 1. The molecule has 0 radical (unpaired) electrons. The van der Waals surface area contributed by atoms with Gasteiger partial charge in [-0.05, 0) is 67.0 Å². The van der Waals surface area contributed by atoms with Crippen molar-refractivity contribution in [1.29, 1.82) is 0 Å². The van der Waals surface area contributed by atoms with Crippen molar-refractivity contribution in [2.75, 3.05) is 19.6 Å². The Labute approximate surface area is 140 Å². The van der Waals surface area contributed by atoms with E-state index in [1.165, 1.54) is 31.4 Å². The monoisotopic (exact) mass is 394 g/mol. The van der Waals surface area contributed by atoms with Gasteiger partial charge in [0.2, 0.25) is 10.0 Å². The van der Waals surface area contributed by atoms with E-state index < -0.39 is 10.0 Å². The Balaban J connectivity index is 1.98. The molecule has 1 aliphatic rings. The van der Waals surface area contributed by atoms with E-state index in [0.29, 0.717) is 16.0 Å². The summed E-state index contributed by atoms with van der Waals surface area (Å²) in [7, 11) is -3.50. The first-order chi connectivity index (χ1) is 9.90. The first-order valence-corrected chi connectivity index (χ1v) is 9.74. The summed E-state index contributed by atoms with van der Waals surface area (Å²) in [6.07, 6.45) is 3.66. The van der Waals surface area contributed by atoms with Crippen molar-refractivity contribution in [3.8, 4) is 0 Å². The number of likely N-dealkylation sites (tertiary alicyclic amines) is 1. The maximum atomic E-state index is 12.3. The Hall–Kier alpha value is -0.140. The topological polar surface area (TPSA) is 49.4 Å². The molecule has 0 saturated carbocycles. The van der Waals surface area contributed by atoms with Gasteiger partial charge in [0.15, 0.2) is 0 Å². The molecule has 1 aliphatic heterocycles. The van der Waals surface area contributed by atoms with Crippen molar-refractivity contribution in [3.63, 3.8) is 0 Å². The second-order valence-electron chi connectivity index (χ2n) is 5.37. The lowest BCUT2D eigenvalue weighted by Gasteiger charge is -2.32. The van der Waals surface area contributed by atoms with Crippen LogP contribution in [0.1, 0.15) is 26.2 Å². The lowest BCUT2D eigenvalue weighted by atomic mass is 10.1. The highest BCUT2D eigenvalue weighted by molar-refractivity contribution is 9.10. The molecule has 0 aliphatic carbocycles. The number of halogens is 2. The zero-order valence-electron chi connectivity index (χ0n) is 12.0. The average molecular weight is 396 g/mol. The zero-order chi connectivity index (χ0) is 15.5. The summed E-state index contributed by atoms with van der Waals surface area (Å²) in [4.78, 5) is 2.56. The molecule has 2 rings (SSSR count). The van der Waals surface area contributed by atoms with Crippen LogP contribution in [0.3, 0.4) is 0 Å². The van der Waals surface area contributed by atoms with Crippen molar-refractivity contribution in [1.82, 2.24) is 9.62 Å². The number of hydrogen-bond donors (Lipinski definition) is 1. The molecule has 7 heteroatoms. The third-order valence-corrected chi connectivity index (χ3v) is 6.42. The van der Waals surface area contributed by atoms with Crippen LogP contribution in [0.2, 0.25) is 5.02 Å². The normalized spacial score (nSPS) is 18.6. The SMILES string of the molecule is CC(CNS(=O)(=O)c1ccc(Cl)c(Br)c1)N1CCCCC1. The molecule has 1 aromatic carbocycles. The summed E-state index contributed by atoms with van der Waals surface area (Å²) in [6.45, 7) is 4.58. The van der Waals surface area contributed by atoms with Crippen LogP contribution in [0.4, 0.5) is 0 Å². The van der Waals surface area contributed by atoms with E-state index in [1.807, 2.05) is 0 Å². The van der Waals surface area contributed by atoms with Crippen LogP contribution in [0, 0.1) is 0 Å². The lowest BCUT2D eigenvalue weighted by molar-refractivity contribution is 0.175. The van der Waals surface area contributed by atoms with Gasteiger partial charge in [0.25, 0.3) is 0 Å². The van der Waals surface area contributed by atoms with Crippen LogP contribution < -0.4 is 4.72 Å². The van der Waals surface area contributed by atoms with E-state index in [4.69, 9.17) is 11.6 Å². The third kappa shape index (κ3) is 4.66. The Morgan fingerprint density at radius 1 is 1.33 bits per heavy atom. The lowest BCUT2D eigenvalue weighted by Crippen LogP contribution is -2.44. The van der Waals surface area contributed by atoms with Gasteiger partial charge in [-0.1, -0.05) is 18.0 Å². The molecule has 0 aromatic heterocycles. The van der Waals surface area contributed by atoms with Crippen LogP contribution in [-0.4, -0.2) is 39.0 Å². The van der Waals surface area contributed by atoms with E-state index in [-0.39, 0.29) is 10.9 Å². The summed E-state index contributed by atoms with van der Waals surface area (Å²) in [6, 6.07) is 4.82. The van der Waals surface area contributed by atoms with Crippen molar-refractivity contribution >= 4 is 37.6 Å². The van der Waals surface area contributed by atoms with E-state index in [0.717, 1.165) is 13.1 Å². The van der Waals surface area contributed by atoms with Gasteiger partial charge in [0.1, 0.15) is 0 Å². The minimum Gasteiger partial charge on any atom is -0.299 e. The Kier molecular flexibility index (Phi) is 6.08. The fourth-order valence-electron chi connectivity index (χ4n) is 2.45. The minimum atomic E-state index is -3.50. The predicted molar refractivity (Wildman–Crippen MR) is 89.2 cm³/mol. The van der Waals surface area contributed by atoms with Crippen LogP contribution in [0.15, 0.2) is 27.6 Å². The van der Waals surface area contributed by atoms with E-state index in [9.17, 15) is 8.42 Å². The highest BCUT2D eigenvalue weighted by Crippen LogP contribution is 2.25. The van der Waals surface area contributed by atoms with E-state index in [2.05, 4.69) is 32.5 Å². The molecule has 1 heterocycles. The maximum absolute atomic E-state index is 12.3. The summed E-state index contributed by atoms with van der Waals surface area (Å²) in [5.41, 5.74) is 0. The Morgan fingerprint density at radius 3 is 2.62 bits per heavy atom. The average Bonchev–Trinajstić information content (AvgIpc) is 2.48. The van der Waals surface area contributed by atoms with Crippen molar-refractivity contribution in [2.24, 2.45) is 0 Å². The number of hydrogen-bond acceptors (Lipinski definition) is 3. The molecule has 21 heavy (non-hydrogen) atoms. The van der Waals surface area contributed by atoms with Gasteiger partial charge in [-0.2, -0.15) is 0 Å². The fraction of sp³-hybridized carbons (Fsp3) is 0.571. The number of nitrogens with zero attached hydrogens (tertiary/aromatic N) is 1. The molecule has 118 valence electrons. The second kappa shape index (κ2) is 7.42. The molecular weight excluding hydrogens is 376 g/mol. The molecule has 0 amide bonds. The first-order valence-electron chi connectivity index (χ1n) is 7.09. The third-order valence-electron chi connectivity index (χ3n) is 3.78. The molecule has 1 unspecified atom stereocenters. The van der Waals surface area contributed by atoms with Crippen LogP contribution >= 0.6 is 27.5 Å². The fourth-order valence-corrected chi connectivity index (χ4v) is 4.24. The zero-order valence-corrected chi connectivity index (χ0v) is 15.1. The molecule has 1 atom stereocenters. The summed E-state index contributed by atoms with van der Waals surface area (Å²) in [5.74, 6) is 0. The Morgan fingerprint density at radius 2 is 2.00 bits per heavy atom. The second-order valence-corrected chi connectivity index (χ2v) is 8.40. The van der Waals surface area contributed by atoms with Gasteiger partial charge in [-0.3, -0.25) is 4.90 Å². The maximum Gasteiger partial charge on any atom is 0.240 e. The van der Waals surface area contributed by atoms with Crippen LogP contribution in [0.25, 0.3) is 0 Å². The minimum absolute atomic E-state index is 0.204. The smallest absolute Gasteiger partial charge is 0.240 e. The highest BCUT2D eigenvalue weighted by atomic mass is 79.9. The van der Waals surface area contributed by atoms with Gasteiger partial charge in [0.05, 0.1) is 9.92 Å². The predicted octanol–water partition coefficient (Wildman–Crippen LogP) is 3.26. The van der Waals surface area contributed by atoms with Crippen LogP contribution in [0.5, 0.6) is 0 Å². The summed E-state index contributed by atoms with van der Waals surface area (Å²) < 4.78 is 27.8. The van der Waals surface area contributed by atoms with Crippen molar-refractivity contribution in [3.05, 3.63) is 27.7 Å².